The number of hydrogen-bond donors (Lipinski definition) is 1. The van der Waals surface area contributed by atoms with Crippen LogP contribution in [0.15, 0.2) is 64.2 Å². The lowest BCUT2D eigenvalue weighted by molar-refractivity contribution is 0.0951. The van der Waals surface area contributed by atoms with Gasteiger partial charge in [-0.25, -0.2) is 9.82 Å². The van der Waals surface area contributed by atoms with Crippen LogP contribution in [-0.2, 0) is 6.61 Å². The summed E-state index contributed by atoms with van der Waals surface area (Å²) in [4.78, 5) is 12.1. The highest BCUT2D eigenvalue weighted by Crippen LogP contribution is 2.36. The standard InChI is InChI=1S/C24H19BrFN3O3/c1-15-3-5-16(6-4-15)14-32-23-20(25)9-18(11-22(23)31-2)13-28-29-24(30)19-8-7-17(12-27)10-21(19)26/h3-11,13H,14H2,1-2H3,(H,29,30)/b28-13-. The summed E-state index contributed by atoms with van der Waals surface area (Å²) in [5.74, 6) is -0.505. The molecule has 3 rings (SSSR count). The van der Waals surface area contributed by atoms with Gasteiger partial charge in [-0.15, -0.1) is 0 Å². The Balaban J connectivity index is 1.69. The molecule has 32 heavy (non-hydrogen) atoms. The molecule has 0 radical (unpaired) electrons. The lowest BCUT2D eigenvalue weighted by Crippen LogP contribution is -2.19. The van der Waals surface area contributed by atoms with Gasteiger partial charge in [0.15, 0.2) is 11.5 Å². The van der Waals surface area contributed by atoms with Crippen molar-refractivity contribution in [1.82, 2.24) is 5.43 Å². The lowest BCUT2D eigenvalue weighted by Gasteiger charge is -2.13. The number of carbonyl (C=O) groups excluding carboxylic acids is 1. The maximum absolute atomic E-state index is 13.9. The van der Waals surface area contributed by atoms with Crippen LogP contribution in [0.4, 0.5) is 4.39 Å². The molecule has 0 aromatic heterocycles. The fourth-order valence-electron chi connectivity index (χ4n) is 2.79. The van der Waals surface area contributed by atoms with Crippen molar-refractivity contribution >= 4 is 28.1 Å². The second kappa shape index (κ2) is 10.6. The van der Waals surface area contributed by atoms with Gasteiger partial charge in [-0.3, -0.25) is 4.79 Å². The molecule has 0 saturated carbocycles. The number of nitrogens with one attached hydrogen (secondary N) is 1. The largest absolute Gasteiger partial charge is 0.493 e. The quantitative estimate of drug-likeness (QED) is 0.364. The Hall–Kier alpha value is -3.70. The third-order valence-electron chi connectivity index (χ3n) is 4.48. The minimum absolute atomic E-state index is 0.129. The first kappa shape index (κ1) is 23.0. The van der Waals surface area contributed by atoms with Crippen LogP contribution in [0.1, 0.15) is 32.6 Å². The third kappa shape index (κ3) is 5.71. The summed E-state index contributed by atoms with van der Waals surface area (Å²) >= 11 is 3.47. The SMILES string of the molecule is COc1cc(/C=N\NC(=O)c2ccc(C#N)cc2F)cc(Br)c1OCc1ccc(C)cc1. The Bertz CT molecular complexity index is 1200. The topological polar surface area (TPSA) is 83.7 Å². The maximum Gasteiger partial charge on any atom is 0.274 e. The van der Waals surface area contributed by atoms with Crippen molar-refractivity contribution in [3.8, 4) is 17.6 Å². The molecule has 162 valence electrons. The van der Waals surface area contributed by atoms with Crippen molar-refractivity contribution in [2.75, 3.05) is 7.11 Å². The maximum atomic E-state index is 13.9. The van der Waals surface area contributed by atoms with E-state index in [0.717, 1.165) is 11.6 Å². The Morgan fingerprint density at radius 3 is 2.62 bits per heavy atom. The van der Waals surface area contributed by atoms with Crippen molar-refractivity contribution in [2.24, 2.45) is 5.10 Å². The molecular formula is C24H19BrFN3O3. The molecule has 0 heterocycles. The molecule has 0 fully saturated rings. The summed E-state index contributed by atoms with van der Waals surface area (Å²) in [6, 6.07) is 16.9. The van der Waals surface area contributed by atoms with E-state index in [4.69, 9.17) is 14.7 Å². The van der Waals surface area contributed by atoms with Gasteiger partial charge in [-0.05, 0) is 64.3 Å². The predicted octanol–water partition coefficient (Wildman–Crippen LogP) is 5.12. The van der Waals surface area contributed by atoms with Crippen molar-refractivity contribution in [2.45, 2.75) is 13.5 Å². The number of halogens is 2. The van der Waals surface area contributed by atoms with Gasteiger partial charge in [0, 0.05) is 0 Å². The smallest absolute Gasteiger partial charge is 0.274 e. The fraction of sp³-hybridized carbons (Fsp3) is 0.125. The van der Waals surface area contributed by atoms with Crippen LogP contribution in [0.25, 0.3) is 0 Å². The molecule has 0 spiro atoms. The number of aryl methyl sites for hydroxylation is 1. The zero-order valence-corrected chi connectivity index (χ0v) is 18.9. The van der Waals surface area contributed by atoms with Crippen LogP contribution in [0.5, 0.6) is 11.5 Å². The Labute approximate surface area is 193 Å². The third-order valence-corrected chi connectivity index (χ3v) is 5.07. The Morgan fingerprint density at radius 1 is 1.22 bits per heavy atom. The summed E-state index contributed by atoms with van der Waals surface area (Å²) in [5, 5.41) is 12.7. The highest BCUT2D eigenvalue weighted by Gasteiger charge is 2.13. The number of nitriles is 1. The van der Waals surface area contributed by atoms with Crippen LogP contribution in [0.2, 0.25) is 0 Å². The zero-order valence-electron chi connectivity index (χ0n) is 17.4. The molecule has 0 aliphatic heterocycles. The van der Waals surface area contributed by atoms with E-state index in [0.29, 0.717) is 28.1 Å². The minimum atomic E-state index is -0.795. The summed E-state index contributed by atoms with van der Waals surface area (Å²) in [7, 11) is 1.52. The van der Waals surface area contributed by atoms with Gasteiger partial charge in [-0.1, -0.05) is 29.8 Å². The van der Waals surface area contributed by atoms with E-state index >= 15 is 0 Å². The van der Waals surface area contributed by atoms with Gasteiger partial charge in [0.05, 0.1) is 35.0 Å². The number of rotatable bonds is 7. The van der Waals surface area contributed by atoms with Crippen LogP contribution >= 0.6 is 15.9 Å². The van der Waals surface area contributed by atoms with Gasteiger partial charge in [0.25, 0.3) is 5.91 Å². The van der Waals surface area contributed by atoms with Gasteiger partial charge in [-0.2, -0.15) is 10.4 Å². The molecule has 0 bridgehead atoms. The molecular weight excluding hydrogens is 477 g/mol. The molecule has 1 N–H and O–H groups in total. The van der Waals surface area contributed by atoms with Crippen molar-refractivity contribution in [3.05, 3.63) is 92.7 Å². The van der Waals surface area contributed by atoms with Crippen LogP contribution in [0.3, 0.4) is 0 Å². The highest BCUT2D eigenvalue weighted by atomic mass is 79.9. The van der Waals surface area contributed by atoms with Crippen LogP contribution < -0.4 is 14.9 Å². The fourth-order valence-corrected chi connectivity index (χ4v) is 3.36. The van der Waals surface area contributed by atoms with E-state index in [-0.39, 0.29) is 11.1 Å². The number of hydrogen-bond acceptors (Lipinski definition) is 5. The number of benzene rings is 3. The van der Waals surface area contributed by atoms with E-state index < -0.39 is 11.7 Å². The number of amides is 1. The first-order valence-electron chi connectivity index (χ1n) is 9.50. The number of carbonyl (C=O) groups is 1. The van der Waals surface area contributed by atoms with Gasteiger partial charge < -0.3 is 9.47 Å². The zero-order chi connectivity index (χ0) is 23.1. The van der Waals surface area contributed by atoms with E-state index in [1.54, 1.807) is 12.1 Å². The van der Waals surface area contributed by atoms with Crippen LogP contribution in [0, 0.1) is 24.1 Å². The molecule has 1 amide bonds. The number of methoxy groups -OCH3 is 1. The van der Waals surface area contributed by atoms with E-state index in [9.17, 15) is 9.18 Å². The first-order valence-corrected chi connectivity index (χ1v) is 10.3. The molecule has 0 saturated heterocycles. The molecule has 3 aromatic rings. The van der Waals surface area contributed by atoms with Crippen molar-refractivity contribution < 1.29 is 18.7 Å². The first-order chi connectivity index (χ1) is 15.4. The average molecular weight is 496 g/mol. The second-order valence-electron chi connectivity index (χ2n) is 6.81. The Kier molecular flexibility index (Phi) is 7.58. The predicted molar refractivity (Wildman–Crippen MR) is 122 cm³/mol. The number of hydrazone groups is 1. The van der Waals surface area contributed by atoms with Gasteiger partial charge in [0.1, 0.15) is 12.4 Å². The number of nitrogens with zero attached hydrogens (tertiary/aromatic N) is 2. The lowest BCUT2D eigenvalue weighted by atomic mass is 10.1. The second-order valence-corrected chi connectivity index (χ2v) is 7.67. The minimum Gasteiger partial charge on any atom is -0.493 e. The summed E-state index contributed by atoms with van der Waals surface area (Å²) in [6.07, 6.45) is 1.40. The van der Waals surface area contributed by atoms with Crippen LogP contribution in [-0.4, -0.2) is 19.2 Å². The van der Waals surface area contributed by atoms with E-state index in [2.05, 4.69) is 26.5 Å². The number of ether oxygens (including phenoxy) is 2. The van der Waals surface area contributed by atoms with E-state index in [1.165, 1.54) is 31.0 Å². The average Bonchev–Trinajstić information content (AvgIpc) is 2.78. The molecule has 3 aromatic carbocycles. The molecule has 0 aliphatic carbocycles. The van der Waals surface area contributed by atoms with Gasteiger partial charge >= 0.3 is 0 Å². The molecule has 0 aliphatic rings. The Morgan fingerprint density at radius 2 is 1.97 bits per heavy atom. The molecule has 0 unspecified atom stereocenters. The molecule has 6 nitrogen and oxygen atoms in total. The summed E-state index contributed by atoms with van der Waals surface area (Å²) < 4.78 is 25.9. The summed E-state index contributed by atoms with van der Waals surface area (Å²) in [5.41, 5.74) is 5.00. The van der Waals surface area contributed by atoms with E-state index in [1.807, 2.05) is 37.3 Å². The normalized spacial score (nSPS) is 10.6. The van der Waals surface area contributed by atoms with Gasteiger partial charge in [0.2, 0.25) is 0 Å². The van der Waals surface area contributed by atoms with Crippen molar-refractivity contribution in [1.29, 1.82) is 5.26 Å². The molecule has 0 atom stereocenters. The monoisotopic (exact) mass is 495 g/mol. The van der Waals surface area contributed by atoms with Crippen molar-refractivity contribution in [3.63, 3.8) is 0 Å². The summed E-state index contributed by atoms with van der Waals surface area (Å²) in [6.45, 7) is 2.39. The molecule has 8 heteroatoms. The highest BCUT2D eigenvalue weighted by molar-refractivity contribution is 9.10.